The topological polar surface area (TPSA) is 30.7 Å². The van der Waals surface area contributed by atoms with Crippen LogP contribution in [-0.4, -0.2) is 26.6 Å². The number of hydrogen-bond acceptors (Lipinski definition) is 2. The predicted octanol–water partition coefficient (Wildman–Crippen LogP) is -1.27. The molecule has 3 nitrogen and oxygen atoms in total. The zero-order chi connectivity index (χ0) is 14.4. The van der Waals surface area contributed by atoms with Gasteiger partial charge in [0.15, 0.2) is 6.10 Å². The van der Waals surface area contributed by atoms with Crippen molar-refractivity contribution in [2.45, 2.75) is 6.10 Å². The molecule has 1 unspecified atom stereocenters. The Kier molecular flexibility index (Phi) is 6.92. The van der Waals surface area contributed by atoms with E-state index >= 15 is 0 Å². The van der Waals surface area contributed by atoms with E-state index in [0.717, 1.165) is 12.1 Å². The molecule has 0 bridgehead atoms. The third kappa shape index (κ3) is 5.21. The zero-order valence-electron chi connectivity index (χ0n) is 12.3. The predicted molar refractivity (Wildman–Crippen MR) is 78.7 cm³/mol. The minimum absolute atomic E-state index is 0. The van der Waals surface area contributed by atoms with Crippen LogP contribution in [0.5, 0.6) is 0 Å². The Bertz CT molecular complexity index is 543. The first-order valence-corrected chi connectivity index (χ1v) is 6.77. The lowest BCUT2D eigenvalue weighted by Gasteiger charge is -2.20. The van der Waals surface area contributed by atoms with Crippen molar-refractivity contribution in [2.75, 3.05) is 20.6 Å². The Morgan fingerprint density at radius 1 is 1.00 bits per heavy atom. The van der Waals surface area contributed by atoms with E-state index in [0.29, 0.717) is 5.56 Å². The van der Waals surface area contributed by atoms with Crippen molar-refractivity contribution < 1.29 is 26.8 Å². The Morgan fingerprint density at radius 3 is 2.05 bits per heavy atom. The average molecular weight is 306 g/mol. The Morgan fingerprint density at radius 2 is 1.52 bits per heavy atom. The molecule has 0 radical (unpaired) electrons. The van der Waals surface area contributed by atoms with Gasteiger partial charge in [0.25, 0.3) is 0 Å². The van der Waals surface area contributed by atoms with Crippen molar-refractivity contribution in [3.63, 3.8) is 0 Å². The number of halogens is 1. The monoisotopic (exact) mass is 305 g/mol. The highest BCUT2D eigenvalue weighted by Crippen LogP contribution is 2.17. The van der Waals surface area contributed by atoms with E-state index in [9.17, 15) is 4.79 Å². The van der Waals surface area contributed by atoms with Crippen LogP contribution in [-0.2, 0) is 4.74 Å². The molecule has 2 rings (SSSR count). The maximum Gasteiger partial charge on any atom is 0.338 e. The molecular weight excluding hydrogens is 286 g/mol. The van der Waals surface area contributed by atoms with Gasteiger partial charge in [-0.15, -0.1) is 0 Å². The molecule has 0 heterocycles. The molecule has 0 aliphatic heterocycles. The highest BCUT2D eigenvalue weighted by Gasteiger charge is 2.20. The Hall–Kier alpha value is -1.84. The van der Waals surface area contributed by atoms with Crippen LogP contribution in [0.15, 0.2) is 60.7 Å². The van der Waals surface area contributed by atoms with Gasteiger partial charge in [-0.25, -0.2) is 4.79 Å². The molecule has 0 aliphatic carbocycles. The number of esters is 1. The third-order valence-corrected chi connectivity index (χ3v) is 3.02. The largest absolute Gasteiger partial charge is 1.00 e. The van der Waals surface area contributed by atoms with Gasteiger partial charge in [-0.05, 0) is 17.7 Å². The van der Waals surface area contributed by atoms with Crippen molar-refractivity contribution in [3.8, 4) is 0 Å². The first kappa shape index (κ1) is 17.2. The lowest BCUT2D eigenvalue weighted by atomic mass is 10.1. The van der Waals surface area contributed by atoms with Crippen LogP contribution in [0.2, 0.25) is 0 Å². The fraction of sp³-hybridized carbons (Fsp3) is 0.235. The summed E-state index contributed by atoms with van der Waals surface area (Å²) in [5.74, 6) is -0.277. The summed E-state index contributed by atoms with van der Waals surface area (Å²) >= 11 is 0. The van der Waals surface area contributed by atoms with Gasteiger partial charge < -0.3 is 22.0 Å². The summed E-state index contributed by atoms with van der Waals surface area (Å²) in [4.78, 5) is 13.4. The summed E-state index contributed by atoms with van der Waals surface area (Å²) in [6, 6.07) is 19.0. The molecule has 0 aliphatic rings. The minimum Gasteiger partial charge on any atom is -1.00 e. The van der Waals surface area contributed by atoms with E-state index in [1.807, 2.05) is 62.6 Å². The van der Waals surface area contributed by atoms with Crippen LogP contribution < -0.4 is 17.3 Å². The number of likely N-dealkylation sites (N-methyl/N-ethyl adjacent to an activating group) is 1. The van der Waals surface area contributed by atoms with Crippen LogP contribution in [0.3, 0.4) is 0 Å². The normalized spacial score (nSPS) is 11.6. The van der Waals surface area contributed by atoms with E-state index < -0.39 is 0 Å². The van der Waals surface area contributed by atoms with Crippen LogP contribution >= 0.6 is 0 Å². The molecular formula is C17H20ClNO2. The Labute approximate surface area is 132 Å². The van der Waals surface area contributed by atoms with E-state index in [1.165, 1.54) is 4.90 Å². The van der Waals surface area contributed by atoms with Crippen LogP contribution in [0.4, 0.5) is 0 Å². The first-order valence-electron chi connectivity index (χ1n) is 6.77. The molecule has 4 heteroatoms. The van der Waals surface area contributed by atoms with Crippen LogP contribution in [0.1, 0.15) is 22.0 Å². The molecule has 2 aromatic rings. The second-order valence-electron chi connectivity index (χ2n) is 5.08. The first-order chi connectivity index (χ1) is 9.66. The smallest absolute Gasteiger partial charge is 0.338 e. The van der Waals surface area contributed by atoms with Crippen LogP contribution in [0.25, 0.3) is 0 Å². The zero-order valence-corrected chi connectivity index (χ0v) is 13.0. The summed E-state index contributed by atoms with van der Waals surface area (Å²) < 4.78 is 5.67. The van der Waals surface area contributed by atoms with Gasteiger partial charge in [-0.1, -0.05) is 48.5 Å². The van der Waals surface area contributed by atoms with E-state index in [2.05, 4.69) is 0 Å². The Balaban J connectivity index is 0.00000220. The lowest BCUT2D eigenvalue weighted by Crippen LogP contribution is -3.06. The van der Waals surface area contributed by atoms with Gasteiger partial charge in [0.05, 0.1) is 19.7 Å². The molecule has 0 amide bonds. The molecule has 21 heavy (non-hydrogen) atoms. The number of rotatable bonds is 5. The van der Waals surface area contributed by atoms with Crippen molar-refractivity contribution in [3.05, 3.63) is 71.8 Å². The maximum atomic E-state index is 12.2. The summed E-state index contributed by atoms with van der Waals surface area (Å²) in [6.07, 6.45) is -0.228. The van der Waals surface area contributed by atoms with E-state index in [1.54, 1.807) is 12.1 Å². The van der Waals surface area contributed by atoms with Gasteiger partial charge in [0.1, 0.15) is 6.54 Å². The van der Waals surface area contributed by atoms with Gasteiger partial charge in [-0.2, -0.15) is 0 Å². The second-order valence-corrected chi connectivity index (χ2v) is 5.08. The molecule has 0 aromatic heterocycles. The molecule has 1 atom stereocenters. The van der Waals surface area contributed by atoms with Crippen LogP contribution in [0, 0.1) is 0 Å². The molecule has 0 fully saturated rings. The number of hydrogen-bond donors (Lipinski definition) is 1. The molecule has 1 N–H and O–H groups in total. The number of nitrogens with one attached hydrogen (secondary N) is 1. The fourth-order valence-electron chi connectivity index (χ4n) is 2.04. The highest BCUT2D eigenvalue weighted by molar-refractivity contribution is 5.89. The number of ether oxygens (including phenoxy) is 1. The average Bonchev–Trinajstić information content (AvgIpc) is 2.48. The number of carbonyl (C=O) groups is 1. The maximum absolute atomic E-state index is 12.2. The van der Waals surface area contributed by atoms with Crippen molar-refractivity contribution in [1.82, 2.24) is 0 Å². The second kappa shape index (κ2) is 8.45. The van der Waals surface area contributed by atoms with Crippen molar-refractivity contribution in [1.29, 1.82) is 0 Å². The van der Waals surface area contributed by atoms with Gasteiger partial charge in [0.2, 0.25) is 0 Å². The van der Waals surface area contributed by atoms with E-state index in [-0.39, 0.29) is 24.5 Å². The molecule has 0 spiro atoms. The minimum atomic E-state index is -0.277. The summed E-state index contributed by atoms with van der Waals surface area (Å²) in [7, 11) is 4.10. The molecule has 112 valence electrons. The third-order valence-electron chi connectivity index (χ3n) is 3.02. The summed E-state index contributed by atoms with van der Waals surface area (Å²) in [5.41, 5.74) is 1.61. The van der Waals surface area contributed by atoms with E-state index in [4.69, 9.17) is 4.74 Å². The number of quaternary nitrogens is 1. The van der Waals surface area contributed by atoms with Crippen molar-refractivity contribution in [2.24, 2.45) is 0 Å². The van der Waals surface area contributed by atoms with Gasteiger partial charge in [-0.3, -0.25) is 0 Å². The fourth-order valence-corrected chi connectivity index (χ4v) is 2.04. The summed E-state index contributed by atoms with van der Waals surface area (Å²) in [5, 5.41) is 0. The summed E-state index contributed by atoms with van der Waals surface area (Å²) in [6.45, 7) is 0.739. The quantitative estimate of drug-likeness (QED) is 0.699. The van der Waals surface area contributed by atoms with Gasteiger partial charge >= 0.3 is 5.97 Å². The number of benzene rings is 2. The molecule has 2 aromatic carbocycles. The SMILES string of the molecule is C[NH+](C)CC(OC(=O)c1ccccc1)c1ccccc1.[Cl-]. The standard InChI is InChI=1S/C17H19NO2.ClH/c1-18(2)13-16(14-9-5-3-6-10-14)20-17(19)15-11-7-4-8-12-15;/h3-12,16H,13H2,1-2H3;1H. The van der Waals surface area contributed by atoms with Crippen molar-refractivity contribution >= 4 is 5.97 Å². The molecule has 0 saturated heterocycles. The van der Waals surface area contributed by atoms with Gasteiger partial charge in [0, 0.05) is 0 Å². The highest BCUT2D eigenvalue weighted by atomic mass is 35.5. The molecule has 0 saturated carbocycles. The lowest BCUT2D eigenvalue weighted by molar-refractivity contribution is -0.862. The number of carbonyl (C=O) groups excluding carboxylic acids is 1.